The fourth-order valence-corrected chi connectivity index (χ4v) is 2.55. The Balaban J connectivity index is 2.02. The Labute approximate surface area is 117 Å². The molecule has 2 heterocycles. The van der Waals surface area contributed by atoms with Crippen molar-refractivity contribution in [3.63, 3.8) is 0 Å². The number of hydrogen-bond donors (Lipinski definition) is 2. The highest BCUT2D eigenvalue weighted by atomic mass is 32.1. The van der Waals surface area contributed by atoms with Crippen molar-refractivity contribution in [2.45, 2.75) is 26.2 Å². The maximum atomic E-state index is 4.35. The molecule has 0 fully saturated rings. The lowest BCUT2D eigenvalue weighted by Crippen LogP contribution is -2.11. The molecule has 19 heavy (non-hydrogen) atoms. The van der Waals surface area contributed by atoms with E-state index in [1.165, 1.54) is 0 Å². The molecule has 2 rings (SSSR count). The Morgan fingerprint density at radius 3 is 2.68 bits per heavy atom. The van der Waals surface area contributed by atoms with E-state index in [1.54, 1.807) is 17.7 Å². The van der Waals surface area contributed by atoms with Gasteiger partial charge in [0.2, 0.25) is 0 Å². The van der Waals surface area contributed by atoms with Gasteiger partial charge < -0.3 is 10.6 Å². The van der Waals surface area contributed by atoms with E-state index < -0.39 is 0 Å². The highest BCUT2D eigenvalue weighted by Crippen LogP contribution is 2.21. The molecule has 2 aromatic rings. The Morgan fingerprint density at radius 1 is 1.16 bits per heavy atom. The van der Waals surface area contributed by atoms with Crippen LogP contribution in [-0.2, 0) is 12.8 Å². The molecule has 0 radical (unpaired) electrons. The van der Waals surface area contributed by atoms with Crippen molar-refractivity contribution in [2.75, 3.05) is 24.2 Å². The standard InChI is InChI=1S/C13H19N5S/c1-3-4-10-12(14-2)17-9-18-13(10)16-6-5-11-15-7-8-19-11/h7-9H,3-6H2,1-2H3,(H2,14,16,17,18). The van der Waals surface area contributed by atoms with Gasteiger partial charge in [0.25, 0.3) is 0 Å². The number of rotatable bonds is 7. The van der Waals surface area contributed by atoms with Crippen LogP contribution in [0, 0.1) is 0 Å². The molecule has 0 amide bonds. The van der Waals surface area contributed by atoms with E-state index in [9.17, 15) is 0 Å². The summed E-state index contributed by atoms with van der Waals surface area (Å²) in [6.07, 6.45) is 6.39. The van der Waals surface area contributed by atoms with Crippen LogP contribution in [0.15, 0.2) is 17.9 Å². The summed E-state index contributed by atoms with van der Waals surface area (Å²) in [6, 6.07) is 0. The van der Waals surface area contributed by atoms with Crippen LogP contribution in [0.4, 0.5) is 11.6 Å². The molecule has 5 nitrogen and oxygen atoms in total. The van der Waals surface area contributed by atoms with E-state index in [4.69, 9.17) is 0 Å². The Kier molecular flexibility index (Phi) is 5.09. The van der Waals surface area contributed by atoms with Crippen LogP contribution in [0.1, 0.15) is 23.9 Å². The normalized spacial score (nSPS) is 10.4. The summed E-state index contributed by atoms with van der Waals surface area (Å²) in [4.78, 5) is 12.9. The number of nitrogens with zero attached hydrogens (tertiary/aromatic N) is 3. The second kappa shape index (κ2) is 7.04. The Hall–Kier alpha value is -1.69. The van der Waals surface area contributed by atoms with Gasteiger partial charge >= 0.3 is 0 Å². The molecule has 2 aromatic heterocycles. The SMILES string of the molecule is CCCc1c(NC)ncnc1NCCc1nccs1. The number of thiazole rings is 1. The third kappa shape index (κ3) is 3.64. The van der Waals surface area contributed by atoms with Gasteiger partial charge in [-0.05, 0) is 6.42 Å². The first-order valence-electron chi connectivity index (χ1n) is 6.49. The van der Waals surface area contributed by atoms with Gasteiger partial charge in [0.15, 0.2) is 0 Å². The zero-order valence-electron chi connectivity index (χ0n) is 11.3. The van der Waals surface area contributed by atoms with E-state index in [1.807, 2.05) is 18.6 Å². The Morgan fingerprint density at radius 2 is 2.00 bits per heavy atom. The molecule has 6 heteroatoms. The van der Waals surface area contributed by atoms with Crippen LogP contribution in [0.3, 0.4) is 0 Å². The lowest BCUT2D eigenvalue weighted by Gasteiger charge is -2.13. The molecule has 0 saturated heterocycles. The maximum Gasteiger partial charge on any atom is 0.134 e. The summed E-state index contributed by atoms with van der Waals surface area (Å²) in [7, 11) is 1.89. The average Bonchev–Trinajstić information content (AvgIpc) is 2.94. The third-order valence-corrected chi connectivity index (χ3v) is 3.64. The molecule has 0 atom stereocenters. The number of aromatic nitrogens is 3. The third-order valence-electron chi connectivity index (χ3n) is 2.80. The van der Waals surface area contributed by atoms with E-state index in [-0.39, 0.29) is 0 Å². The smallest absolute Gasteiger partial charge is 0.134 e. The lowest BCUT2D eigenvalue weighted by molar-refractivity contribution is 0.894. The first-order chi connectivity index (χ1) is 9.35. The highest BCUT2D eigenvalue weighted by molar-refractivity contribution is 7.09. The van der Waals surface area contributed by atoms with Crippen molar-refractivity contribution in [1.82, 2.24) is 15.0 Å². The fourth-order valence-electron chi connectivity index (χ4n) is 1.93. The molecular formula is C13H19N5S. The largest absolute Gasteiger partial charge is 0.373 e. The van der Waals surface area contributed by atoms with Crippen molar-refractivity contribution in [1.29, 1.82) is 0 Å². The van der Waals surface area contributed by atoms with Gasteiger partial charge in [0, 0.05) is 37.2 Å². The summed E-state index contributed by atoms with van der Waals surface area (Å²) >= 11 is 1.68. The summed E-state index contributed by atoms with van der Waals surface area (Å²) < 4.78 is 0. The van der Waals surface area contributed by atoms with E-state index >= 15 is 0 Å². The fraction of sp³-hybridized carbons (Fsp3) is 0.462. The molecule has 0 aliphatic rings. The van der Waals surface area contributed by atoms with Crippen molar-refractivity contribution in [3.05, 3.63) is 28.5 Å². The van der Waals surface area contributed by atoms with Gasteiger partial charge in [-0.15, -0.1) is 11.3 Å². The molecule has 2 N–H and O–H groups in total. The van der Waals surface area contributed by atoms with Crippen LogP contribution in [0.2, 0.25) is 0 Å². The molecule has 0 aliphatic carbocycles. The summed E-state index contributed by atoms with van der Waals surface area (Å²) in [5.41, 5.74) is 1.16. The zero-order chi connectivity index (χ0) is 13.5. The molecule has 0 spiro atoms. The van der Waals surface area contributed by atoms with Crippen LogP contribution >= 0.6 is 11.3 Å². The lowest BCUT2D eigenvalue weighted by atomic mass is 10.1. The number of anilines is 2. The number of nitrogens with one attached hydrogen (secondary N) is 2. The van der Waals surface area contributed by atoms with E-state index in [0.717, 1.165) is 48.0 Å². The topological polar surface area (TPSA) is 62.7 Å². The summed E-state index contributed by atoms with van der Waals surface area (Å²) in [5, 5.41) is 9.66. The summed E-state index contributed by atoms with van der Waals surface area (Å²) in [5.74, 6) is 1.84. The minimum absolute atomic E-state index is 0.838. The van der Waals surface area contributed by atoms with Crippen LogP contribution in [0.25, 0.3) is 0 Å². The molecule has 102 valence electrons. The second-order valence-electron chi connectivity index (χ2n) is 4.15. The van der Waals surface area contributed by atoms with Gasteiger partial charge in [-0.2, -0.15) is 0 Å². The van der Waals surface area contributed by atoms with Crippen molar-refractivity contribution >= 4 is 23.0 Å². The molecule has 0 saturated carbocycles. The highest BCUT2D eigenvalue weighted by Gasteiger charge is 2.09. The predicted octanol–water partition coefficient (Wildman–Crippen LogP) is 2.58. The average molecular weight is 277 g/mol. The van der Waals surface area contributed by atoms with Gasteiger partial charge in [0.1, 0.15) is 18.0 Å². The number of hydrogen-bond acceptors (Lipinski definition) is 6. The van der Waals surface area contributed by atoms with Crippen LogP contribution in [0.5, 0.6) is 0 Å². The molecule has 0 aliphatic heterocycles. The van der Waals surface area contributed by atoms with Crippen molar-refractivity contribution < 1.29 is 0 Å². The summed E-state index contributed by atoms with van der Waals surface area (Å²) in [6.45, 7) is 3.00. The molecule has 0 unspecified atom stereocenters. The van der Waals surface area contributed by atoms with Gasteiger partial charge in [0.05, 0.1) is 5.01 Å². The molecule has 0 aromatic carbocycles. The molecular weight excluding hydrogens is 258 g/mol. The first-order valence-corrected chi connectivity index (χ1v) is 7.37. The van der Waals surface area contributed by atoms with E-state index in [2.05, 4.69) is 32.5 Å². The van der Waals surface area contributed by atoms with Crippen molar-refractivity contribution in [3.8, 4) is 0 Å². The van der Waals surface area contributed by atoms with Crippen LogP contribution < -0.4 is 10.6 Å². The van der Waals surface area contributed by atoms with Crippen molar-refractivity contribution in [2.24, 2.45) is 0 Å². The van der Waals surface area contributed by atoms with Crippen LogP contribution in [-0.4, -0.2) is 28.5 Å². The zero-order valence-corrected chi connectivity index (χ0v) is 12.1. The van der Waals surface area contributed by atoms with Gasteiger partial charge in [-0.3, -0.25) is 0 Å². The van der Waals surface area contributed by atoms with Gasteiger partial charge in [-0.25, -0.2) is 15.0 Å². The quantitative estimate of drug-likeness (QED) is 0.814. The Bertz CT molecular complexity index is 498. The minimum atomic E-state index is 0.838. The van der Waals surface area contributed by atoms with Gasteiger partial charge in [-0.1, -0.05) is 13.3 Å². The maximum absolute atomic E-state index is 4.35. The monoisotopic (exact) mass is 277 g/mol. The second-order valence-corrected chi connectivity index (χ2v) is 5.13. The first kappa shape index (κ1) is 13.7. The minimum Gasteiger partial charge on any atom is -0.373 e. The molecule has 0 bridgehead atoms. The predicted molar refractivity (Wildman–Crippen MR) is 79.9 cm³/mol. The van der Waals surface area contributed by atoms with E-state index in [0.29, 0.717) is 0 Å².